The van der Waals surface area contributed by atoms with Crippen molar-refractivity contribution in [2.75, 3.05) is 13.6 Å². The highest BCUT2D eigenvalue weighted by atomic mass is 14.8. The highest BCUT2D eigenvalue weighted by Crippen LogP contribution is 2.06. The summed E-state index contributed by atoms with van der Waals surface area (Å²) >= 11 is 0. The second-order valence-corrected chi connectivity index (χ2v) is 5.27. The van der Waals surface area contributed by atoms with E-state index >= 15 is 0 Å². The lowest BCUT2D eigenvalue weighted by Crippen LogP contribution is -1.98. The van der Waals surface area contributed by atoms with E-state index in [9.17, 15) is 0 Å². The van der Waals surface area contributed by atoms with E-state index in [0.717, 1.165) is 13.0 Å². The largest absolute Gasteiger partial charge is 0.245 e. The van der Waals surface area contributed by atoms with Gasteiger partial charge in [0.1, 0.15) is 0 Å². The minimum Gasteiger partial charge on any atom is -0.245 e. The molecule has 0 heterocycles. The molecule has 0 aromatic rings. The Bertz CT molecular complexity index is 206. The zero-order valence-corrected chi connectivity index (χ0v) is 13.2. The van der Waals surface area contributed by atoms with Gasteiger partial charge in [0.25, 0.3) is 0 Å². The second-order valence-electron chi connectivity index (χ2n) is 5.27. The van der Waals surface area contributed by atoms with Crippen LogP contribution in [0.4, 0.5) is 0 Å². The molecule has 0 saturated carbocycles. The van der Waals surface area contributed by atoms with E-state index in [1.165, 1.54) is 64.2 Å². The van der Waals surface area contributed by atoms with Gasteiger partial charge in [0.05, 0.1) is 0 Å². The molecular weight excluding hydrogens is 230 g/mol. The molecule has 0 spiro atoms. The maximum atomic E-state index is 4.12. The molecule has 0 aromatic carbocycles. The summed E-state index contributed by atoms with van der Waals surface area (Å²) < 4.78 is 0. The summed E-state index contributed by atoms with van der Waals surface area (Å²) in [5, 5.41) is 4.12. The maximum absolute atomic E-state index is 4.12. The van der Waals surface area contributed by atoms with Crippen molar-refractivity contribution in [1.82, 2.24) is 5.32 Å². The maximum Gasteiger partial charge on any atom is 0.0130 e. The van der Waals surface area contributed by atoms with Gasteiger partial charge in [-0.3, -0.25) is 0 Å². The number of unbranched alkanes of at least 4 members (excludes halogenated alkanes) is 8. The monoisotopic (exact) mass is 264 g/mol. The van der Waals surface area contributed by atoms with Crippen molar-refractivity contribution >= 4 is 0 Å². The highest BCUT2D eigenvalue weighted by molar-refractivity contribution is 4.92. The molecule has 0 aliphatic rings. The van der Waals surface area contributed by atoms with Crippen LogP contribution >= 0.6 is 0 Å². The van der Waals surface area contributed by atoms with Gasteiger partial charge < -0.3 is 0 Å². The molecule has 0 unspecified atom stereocenters. The normalized spacial score (nSPS) is 11.9. The number of hydrogen-bond acceptors (Lipinski definition) is 0. The van der Waals surface area contributed by atoms with E-state index in [1.54, 1.807) is 0 Å². The summed E-state index contributed by atoms with van der Waals surface area (Å²) in [6.45, 7) is 3.30. The van der Waals surface area contributed by atoms with Crippen LogP contribution in [0.15, 0.2) is 24.3 Å². The third-order valence-corrected chi connectivity index (χ3v) is 3.33. The highest BCUT2D eigenvalue weighted by Gasteiger charge is 1.89. The fourth-order valence-corrected chi connectivity index (χ4v) is 2.08. The molecule has 0 rings (SSSR count). The molecule has 0 saturated heterocycles. The van der Waals surface area contributed by atoms with Gasteiger partial charge in [-0.15, -0.1) is 0 Å². The Balaban J connectivity index is 3.12. The van der Waals surface area contributed by atoms with Gasteiger partial charge >= 0.3 is 0 Å². The molecule has 19 heavy (non-hydrogen) atoms. The van der Waals surface area contributed by atoms with Crippen LogP contribution in [0.25, 0.3) is 0 Å². The average molecular weight is 264 g/mol. The van der Waals surface area contributed by atoms with Crippen LogP contribution < -0.4 is 5.32 Å². The van der Waals surface area contributed by atoms with Crippen molar-refractivity contribution in [2.24, 2.45) is 0 Å². The fourth-order valence-electron chi connectivity index (χ4n) is 2.08. The topological polar surface area (TPSA) is 14.1 Å². The van der Waals surface area contributed by atoms with Gasteiger partial charge in [0, 0.05) is 13.6 Å². The number of hydrogen-bond donors (Lipinski definition) is 0. The molecule has 1 radical (unpaired) electrons. The lowest BCUT2D eigenvalue weighted by Gasteiger charge is -1.98. The molecule has 0 N–H and O–H groups in total. The number of nitrogens with zero attached hydrogens (tertiary/aromatic N) is 1. The predicted molar refractivity (Wildman–Crippen MR) is 87.7 cm³/mol. The third kappa shape index (κ3) is 17.4. The molecule has 0 aliphatic heterocycles. The first-order valence-electron chi connectivity index (χ1n) is 8.27. The van der Waals surface area contributed by atoms with Gasteiger partial charge in [-0.2, -0.15) is 0 Å². The predicted octanol–water partition coefficient (Wildman–Crippen LogP) is 5.64. The van der Waals surface area contributed by atoms with E-state index in [2.05, 4.69) is 36.5 Å². The van der Waals surface area contributed by atoms with Gasteiger partial charge in [0.15, 0.2) is 0 Å². The van der Waals surface area contributed by atoms with Crippen LogP contribution in [-0.4, -0.2) is 13.6 Å². The Morgan fingerprint density at radius 3 is 1.89 bits per heavy atom. The van der Waals surface area contributed by atoms with Crippen LogP contribution in [0.3, 0.4) is 0 Å². The lowest BCUT2D eigenvalue weighted by atomic mass is 10.1. The van der Waals surface area contributed by atoms with Crippen molar-refractivity contribution < 1.29 is 0 Å². The van der Waals surface area contributed by atoms with Gasteiger partial charge in [-0.25, -0.2) is 5.32 Å². The van der Waals surface area contributed by atoms with E-state index < -0.39 is 0 Å². The molecule has 0 aromatic heterocycles. The third-order valence-electron chi connectivity index (χ3n) is 3.33. The minimum absolute atomic E-state index is 1.05. The number of rotatable bonds is 14. The van der Waals surface area contributed by atoms with Gasteiger partial charge in [0.2, 0.25) is 0 Å². The molecule has 0 aliphatic carbocycles. The van der Waals surface area contributed by atoms with Crippen LogP contribution in [0, 0.1) is 0 Å². The van der Waals surface area contributed by atoms with Crippen LogP contribution in [-0.2, 0) is 0 Å². The average Bonchev–Trinajstić information content (AvgIpc) is 2.43. The number of allylic oxidation sites excluding steroid dienone is 4. The summed E-state index contributed by atoms with van der Waals surface area (Å²) in [5.74, 6) is 0. The van der Waals surface area contributed by atoms with E-state index in [4.69, 9.17) is 0 Å². The Kier molecular flexibility index (Phi) is 16.9. The van der Waals surface area contributed by atoms with Crippen molar-refractivity contribution in [3.8, 4) is 0 Å². The van der Waals surface area contributed by atoms with Gasteiger partial charge in [-0.05, 0) is 38.5 Å². The molecule has 1 nitrogen and oxygen atoms in total. The molecule has 111 valence electrons. The van der Waals surface area contributed by atoms with E-state index in [-0.39, 0.29) is 0 Å². The second kappa shape index (κ2) is 17.4. The first-order chi connectivity index (χ1) is 9.41. The zero-order chi connectivity index (χ0) is 14.0. The Labute approximate surface area is 121 Å². The summed E-state index contributed by atoms with van der Waals surface area (Å²) in [4.78, 5) is 0. The summed E-state index contributed by atoms with van der Waals surface area (Å²) in [6.07, 6.45) is 23.7. The van der Waals surface area contributed by atoms with Crippen LogP contribution in [0.1, 0.15) is 77.6 Å². The van der Waals surface area contributed by atoms with E-state index in [0.29, 0.717) is 0 Å². The quantitative estimate of drug-likeness (QED) is 0.284. The minimum atomic E-state index is 1.05. The molecule has 0 amide bonds. The van der Waals surface area contributed by atoms with Crippen LogP contribution in [0.5, 0.6) is 0 Å². The van der Waals surface area contributed by atoms with Crippen molar-refractivity contribution in [3.63, 3.8) is 0 Å². The standard InChI is InChI=1S/C18H34N/c1-3-4-5-6-7-8-9-10-11-12-13-14-15-16-17-18-19-2/h7-8,10-11H,3-6,9,12-18H2,1-2H3. The Morgan fingerprint density at radius 2 is 1.26 bits per heavy atom. The molecule has 1 heteroatoms. The SMILES string of the molecule is CCCCCC=CCC=CCCCCCCC[N]C. The first kappa shape index (κ1) is 18.4. The van der Waals surface area contributed by atoms with Gasteiger partial charge in [-0.1, -0.05) is 63.3 Å². The molecule has 0 fully saturated rings. The molecular formula is C18H34N. The summed E-state index contributed by atoms with van der Waals surface area (Å²) in [7, 11) is 1.91. The zero-order valence-electron chi connectivity index (χ0n) is 13.2. The van der Waals surface area contributed by atoms with E-state index in [1.807, 2.05) is 7.05 Å². The molecule has 0 bridgehead atoms. The summed E-state index contributed by atoms with van der Waals surface area (Å²) in [5.41, 5.74) is 0. The van der Waals surface area contributed by atoms with Crippen LogP contribution in [0.2, 0.25) is 0 Å². The molecule has 0 atom stereocenters. The summed E-state index contributed by atoms with van der Waals surface area (Å²) in [6, 6.07) is 0. The Hall–Kier alpha value is -0.560. The van der Waals surface area contributed by atoms with Crippen molar-refractivity contribution in [3.05, 3.63) is 24.3 Å². The lowest BCUT2D eigenvalue weighted by molar-refractivity contribution is 0.596. The Morgan fingerprint density at radius 1 is 0.684 bits per heavy atom. The van der Waals surface area contributed by atoms with Crippen molar-refractivity contribution in [2.45, 2.75) is 77.6 Å². The first-order valence-corrected chi connectivity index (χ1v) is 8.27. The van der Waals surface area contributed by atoms with Crippen molar-refractivity contribution in [1.29, 1.82) is 0 Å². The smallest absolute Gasteiger partial charge is 0.0130 e. The fraction of sp³-hybridized carbons (Fsp3) is 0.778.